The average molecular weight is 523 g/mol. The van der Waals surface area contributed by atoms with Crippen molar-refractivity contribution in [1.82, 2.24) is 14.8 Å². The quantitative estimate of drug-likeness (QED) is 0.348. The van der Waals surface area contributed by atoms with Gasteiger partial charge >= 0.3 is 0 Å². The molecule has 5 rings (SSSR count). The van der Waals surface area contributed by atoms with Crippen LogP contribution >= 0.6 is 0 Å². The summed E-state index contributed by atoms with van der Waals surface area (Å²) in [4.78, 5) is 43.8. The molecule has 0 unspecified atom stereocenters. The van der Waals surface area contributed by atoms with Gasteiger partial charge in [-0.1, -0.05) is 0 Å². The standard InChI is InChI=1S/C28H28F2N4O4/c1-18-13-20(25(34(37)38)15-23(18)30)3-2-4-26(35)33-12-11-32(17-28(33)9-10-28)27(36)21-14-24(31-16-21)19-5-7-22(29)8-6-19/h5-8,13-16,31H,2-4,9-12,17H2,1H3. The predicted molar refractivity (Wildman–Crippen MR) is 136 cm³/mol. The molecule has 1 N–H and O–H groups in total. The molecule has 2 heterocycles. The highest BCUT2D eigenvalue weighted by molar-refractivity contribution is 5.95. The number of nitrogens with zero attached hydrogens (tertiary/aromatic N) is 3. The molecule has 2 amide bonds. The number of hydrogen-bond donors (Lipinski definition) is 1. The van der Waals surface area contributed by atoms with E-state index in [-0.39, 0.29) is 35.3 Å². The Morgan fingerprint density at radius 1 is 1.11 bits per heavy atom. The summed E-state index contributed by atoms with van der Waals surface area (Å²) in [5, 5.41) is 11.3. The Morgan fingerprint density at radius 2 is 1.84 bits per heavy atom. The number of nitro groups is 1. The molecule has 0 radical (unpaired) electrons. The number of aromatic amines is 1. The maximum Gasteiger partial charge on any atom is 0.275 e. The van der Waals surface area contributed by atoms with E-state index in [1.807, 2.05) is 4.90 Å². The van der Waals surface area contributed by atoms with Crippen molar-refractivity contribution in [3.8, 4) is 11.3 Å². The fourth-order valence-corrected chi connectivity index (χ4v) is 5.27. The zero-order chi connectivity index (χ0) is 27.0. The molecule has 1 aromatic heterocycles. The van der Waals surface area contributed by atoms with Gasteiger partial charge in [-0.05, 0) is 80.1 Å². The third-order valence-electron chi connectivity index (χ3n) is 7.55. The molecule has 10 heteroatoms. The molecule has 0 bridgehead atoms. The van der Waals surface area contributed by atoms with Crippen LogP contribution in [0.2, 0.25) is 0 Å². The highest BCUT2D eigenvalue weighted by Crippen LogP contribution is 2.45. The number of carbonyl (C=O) groups excluding carboxylic acids is 2. The number of benzene rings is 2. The summed E-state index contributed by atoms with van der Waals surface area (Å²) in [5.74, 6) is -1.10. The van der Waals surface area contributed by atoms with E-state index in [2.05, 4.69) is 4.98 Å². The highest BCUT2D eigenvalue weighted by Gasteiger charge is 2.53. The summed E-state index contributed by atoms with van der Waals surface area (Å²) in [5.41, 5.74) is 2.14. The second-order valence-corrected chi connectivity index (χ2v) is 10.1. The minimum atomic E-state index is -0.620. The van der Waals surface area contributed by atoms with Crippen LogP contribution in [0, 0.1) is 28.7 Å². The highest BCUT2D eigenvalue weighted by atomic mass is 19.1. The van der Waals surface area contributed by atoms with Gasteiger partial charge in [0.2, 0.25) is 5.91 Å². The van der Waals surface area contributed by atoms with Crippen molar-refractivity contribution in [3.63, 3.8) is 0 Å². The van der Waals surface area contributed by atoms with Gasteiger partial charge in [0.1, 0.15) is 11.6 Å². The van der Waals surface area contributed by atoms with Crippen molar-refractivity contribution in [2.75, 3.05) is 19.6 Å². The molecule has 3 aromatic rings. The molecular formula is C28H28F2N4O4. The molecule has 2 fully saturated rings. The van der Waals surface area contributed by atoms with Crippen LogP contribution in [0.25, 0.3) is 11.3 Å². The van der Waals surface area contributed by atoms with E-state index in [1.165, 1.54) is 18.2 Å². The molecule has 198 valence electrons. The summed E-state index contributed by atoms with van der Waals surface area (Å²) < 4.78 is 27.0. The number of H-pyrrole nitrogens is 1. The molecule has 2 aliphatic rings. The van der Waals surface area contributed by atoms with Crippen molar-refractivity contribution in [1.29, 1.82) is 0 Å². The molecule has 38 heavy (non-hydrogen) atoms. The minimum absolute atomic E-state index is 0.0312. The van der Waals surface area contributed by atoms with Crippen LogP contribution in [0.1, 0.15) is 47.2 Å². The van der Waals surface area contributed by atoms with E-state index in [0.29, 0.717) is 49.2 Å². The Hall–Kier alpha value is -4.08. The monoisotopic (exact) mass is 522 g/mol. The number of hydrogen-bond acceptors (Lipinski definition) is 4. The molecule has 1 saturated carbocycles. The van der Waals surface area contributed by atoms with Crippen LogP contribution < -0.4 is 0 Å². The summed E-state index contributed by atoms with van der Waals surface area (Å²) in [6.45, 7) is 2.85. The predicted octanol–water partition coefficient (Wildman–Crippen LogP) is 5.02. The van der Waals surface area contributed by atoms with Gasteiger partial charge in [-0.25, -0.2) is 8.78 Å². The number of rotatable bonds is 7. The number of nitro benzene ring substituents is 1. The van der Waals surface area contributed by atoms with Crippen LogP contribution in [0.5, 0.6) is 0 Å². The normalized spacial score (nSPS) is 16.1. The topological polar surface area (TPSA) is 99.6 Å². The Balaban J connectivity index is 1.19. The van der Waals surface area contributed by atoms with E-state index in [9.17, 15) is 28.5 Å². The largest absolute Gasteiger partial charge is 0.360 e. The maximum atomic E-state index is 13.8. The van der Waals surface area contributed by atoms with Gasteiger partial charge < -0.3 is 14.8 Å². The van der Waals surface area contributed by atoms with E-state index in [4.69, 9.17) is 0 Å². The third kappa shape index (κ3) is 5.03. The Labute approximate surface area is 218 Å². The van der Waals surface area contributed by atoms with Gasteiger partial charge in [0.05, 0.1) is 22.1 Å². The molecule has 8 nitrogen and oxygen atoms in total. The Kier molecular flexibility index (Phi) is 6.73. The molecular weight excluding hydrogens is 494 g/mol. The maximum absolute atomic E-state index is 13.8. The van der Waals surface area contributed by atoms with E-state index in [0.717, 1.165) is 30.2 Å². The number of nitrogens with one attached hydrogen (secondary N) is 1. The number of carbonyl (C=O) groups is 2. The SMILES string of the molecule is Cc1cc(CCCC(=O)N2CCN(C(=O)c3c[nH]c(-c4ccc(F)cc4)c3)CC23CC3)c([N+](=O)[O-])cc1F. The minimum Gasteiger partial charge on any atom is -0.360 e. The lowest BCUT2D eigenvalue weighted by molar-refractivity contribution is -0.385. The van der Waals surface area contributed by atoms with Gasteiger partial charge in [0.15, 0.2) is 0 Å². The Morgan fingerprint density at radius 3 is 2.53 bits per heavy atom. The zero-order valence-electron chi connectivity index (χ0n) is 21.0. The lowest BCUT2D eigenvalue weighted by Gasteiger charge is -2.42. The average Bonchev–Trinajstić information content (AvgIpc) is 3.46. The second-order valence-electron chi connectivity index (χ2n) is 10.1. The summed E-state index contributed by atoms with van der Waals surface area (Å²) in [6, 6.07) is 10.2. The molecule has 2 aromatic carbocycles. The number of piperazine rings is 1. The number of aromatic nitrogens is 1. The van der Waals surface area contributed by atoms with Crippen molar-refractivity contribution in [2.45, 2.75) is 44.6 Å². The van der Waals surface area contributed by atoms with Gasteiger partial charge in [-0.2, -0.15) is 0 Å². The van der Waals surface area contributed by atoms with Gasteiger partial charge in [0, 0.05) is 43.5 Å². The van der Waals surface area contributed by atoms with Crippen LogP contribution in [0.15, 0.2) is 48.7 Å². The smallest absolute Gasteiger partial charge is 0.275 e. The van der Waals surface area contributed by atoms with Gasteiger partial charge in [-0.15, -0.1) is 0 Å². The van der Waals surface area contributed by atoms with Crippen molar-refractivity contribution in [3.05, 3.63) is 87.1 Å². The fraction of sp³-hybridized carbons (Fsp3) is 0.357. The first kappa shape index (κ1) is 25.6. The van der Waals surface area contributed by atoms with Crippen LogP contribution in [0.3, 0.4) is 0 Å². The van der Waals surface area contributed by atoms with E-state index >= 15 is 0 Å². The lowest BCUT2D eigenvalue weighted by Crippen LogP contribution is -2.58. The molecule has 1 saturated heterocycles. The first-order valence-corrected chi connectivity index (χ1v) is 12.6. The first-order valence-electron chi connectivity index (χ1n) is 12.6. The van der Waals surface area contributed by atoms with Gasteiger partial charge in [0.25, 0.3) is 11.6 Å². The number of amides is 2. The van der Waals surface area contributed by atoms with Crippen molar-refractivity contribution in [2.24, 2.45) is 0 Å². The van der Waals surface area contributed by atoms with Crippen LogP contribution in [-0.4, -0.2) is 56.7 Å². The fourth-order valence-electron chi connectivity index (χ4n) is 5.27. The zero-order valence-corrected chi connectivity index (χ0v) is 21.0. The Bertz CT molecular complexity index is 1400. The lowest BCUT2D eigenvalue weighted by atomic mass is 10.0. The van der Waals surface area contributed by atoms with Crippen molar-refractivity contribution >= 4 is 17.5 Å². The molecule has 0 atom stereocenters. The third-order valence-corrected chi connectivity index (χ3v) is 7.55. The van der Waals surface area contributed by atoms with Gasteiger partial charge in [-0.3, -0.25) is 19.7 Å². The number of aryl methyl sites for hydroxylation is 2. The van der Waals surface area contributed by atoms with Crippen LogP contribution in [-0.2, 0) is 11.2 Å². The first-order chi connectivity index (χ1) is 18.2. The second kappa shape index (κ2) is 10.00. The molecule has 1 spiro atoms. The van der Waals surface area contributed by atoms with Crippen molar-refractivity contribution < 1.29 is 23.3 Å². The summed E-state index contributed by atoms with van der Waals surface area (Å²) >= 11 is 0. The molecule has 1 aliphatic heterocycles. The summed E-state index contributed by atoms with van der Waals surface area (Å²) in [6.07, 6.45) is 4.23. The summed E-state index contributed by atoms with van der Waals surface area (Å²) in [7, 11) is 0. The van der Waals surface area contributed by atoms with Crippen LogP contribution in [0.4, 0.5) is 14.5 Å². The molecule has 1 aliphatic carbocycles. The number of halogens is 2. The van der Waals surface area contributed by atoms with E-state index in [1.54, 1.807) is 36.2 Å². The van der Waals surface area contributed by atoms with E-state index < -0.39 is 10.7 Å².